The summed E-state index contributed by atoms with van der Waals surface area (Å²) in [5, 5.41) is 22.7. The largest absolute Gasteiger partial charge is 0.394 e. The molecule has 0 aromatic heterocycles. The third kappa shape index (κ3) is 26.5. The molecule has 0 saturated carbocycles. The molecule has 4 nitrogen and oxygen atoms in total. The zero-order valence-corrected chi connectivity index (χ0v) is 25.4. The second-order valence-electron chi connectivity index (χ2n) is 11.2. The molecule has 0 aliphatic rings. The van der Waals surface area contributed by atoms with Crippen LogP contribution in [0.25, 0.3) is 0 Å². The van der Waals surface area contributed by atoms with Crippen LogP contribution in [-0.4, -0.2) is 34.9 Å². The number of carbonyl (C=O) groups is 1. The molecule has 0 aliphatic heterocycles. The number of carbonyl (C=O) groups excluding carboxylic acids is 1. The Hall–Kier alpha value is -1.13. The average Bonchev–Trinajstić information content (AvgIpc) is 2.92. The smallest absolute Gasteiger partial charge is 0.220 e. The molecule has 0 bridgehead atoms. The summed E-state index contributed by atoms with van der Waals surface area (Å²) in [4.78, 5) is 12.2. The van der Waals surface area contributed by atoms with E-state index in [1.807, 2.05) is 6.08 Å². The van der Waals surface area contributed by atoms with Crippen LogP contribution in [-0.2, 0) is 4.79 Å². The fourth-order valence-electron chi connectivity index (χ4n) is 4.84. The molecule has 4 heteroatoms. The average molecular weight is 536 g/mol. The summed E-state index contributed by atoms with van der Waals surface area (Å²) in [7, 11) is 0. The lowest BCUT2D eigenvalue weighted by Gasteiger charge is -2.19. The number of unbranched alkanes of at least 4 members (excludes halogenated alkanes) is 20. The molecule has 0 fully saturated rings. The van der Waals surface area contributed by atoms with E-state index in [2.05, 4.69) is 31.3 Å². The normalized spacial score (nSPS) is 13.5. The molecule has 0 aliphatic carbocycles. The number of aliphatic hydroxyl groups excluding tert-OH is 2. The van der Waals surface area contributed by atoms with Gasteiger partial charge in [-0.2, -0.15) is 0 Å². The van der Waals surface area contributed by atoms with Gasteiger partial charge >= 0.3 is 0 Å². The topological polar surface area (TPSA) is 69.6 Å². The molecule has 0 rings (SSSR count). The van der Waals surface area contributed by atoms with Crippen LogP contribution in [0.2, 0.25) is 0 Å². The van der Waals surface area contributed by atoms with Crippen LogP contribution in [0.5, 0.6) is 0 Å². The van der Waals surface area contributed by atoms with Gasteiger partial charge in [-0.3, -0.25) is 4.79 Å². The van der Waals surface area contributed by atoms with Crippen molar-refractivity contribution in [3.8, 4) is 0 Å². The van der Waals surface area contributed by atoms with Gasteiger partial charge in [-0.15, -0.1) is 0 Å². The third-order valence-electron chi connectivity index (χ3n) is 7.44. The van der Waals surface area contributed by atoms with Gasteiger partial charge in [0.15, 0.2) is 0 Å². The SMILES string of the molecule is CCCCCCCCCCCCC/C=C/CC/C=C/[C@H](O)[C@@H](CO)NC(=O)CCCCCCCCCCC. The number of rotatable bonds is 29. The molecule has 224 valence electrons. The summed E-state index contributed by atoms with van der Waals surface area (Å²) >= 11 is 0. The summed E-state index contributed by atoms with van der Waals surface area (Å²) in [6.45, 7) is 4.26. The fraction of sp³-hybridized carbons (Fsp3) is 0.853. The number of allylic oxidation sites excluding steroid dienone is 3. The number of amides is 1. The van der Waals surface area contributed by atoms with Gasteiger partial charge in [0, 0.05) is 6.42 Å². The van der Waals surface area contributed by atoms with Crippen molar-refractivity contribution in [1.29, 1.82) is 0 Å². The van der Waals surface area contributed by atoms with E-state index in [9.17, 15) is 15.0 Å². The van der Waals surface area contributed by atoms with E-state index in [0.717, 1.165) is 32.1 Å². The predicted octanol–water partition coefficient (Wildman–Crippen LogP) is 9.34. The third-order valence-corrected chi connectivity index (χ3v) is 7.44. The number of hydrogen-bond acceptors (Lipinski definition) is 3. The van der Waals surface area contributed by atoms with Crippen molar-refractivity contribution in [3.05, 3.63) is 24.3 Å². The van der Waals surface area contributed by atoms with Crippen molar-refractivity contribution in [2.45, 2.75) is 180 Å². The number of hydrogen-bond donors (Lipinski definition) is 3. The fourth-order valence-corrected chi connectivity index (χ4v) is 4.84. The van der Waals surface area contributed by atoms with Crippen LogP contribution in [0, 0.1) is 0 Å². The van der Waals surface area contributed by atoms with Gasteiger partial charge in [0.25, 0.3) is 0 Å². The zero-order valence-electron chi connectivity index (χ0n) is 25.4. The second-order valence-corrected chi connectivity index (χ2v) is 11.2. The van der Waals surface area contributed by atoms with Crippen LogP contribution in [0.4, 0.5) is 0 Å². The quantitative estimate of drug-likeness (QED) is 0.0660. The van der Waals surface area contributed by atoms with Crippen molar-refractivity contribution in [2.75, 3.05) is 6.61 Å². The van der Waals surface area contributed by atoms with Crippen LogP contribution in [0.3, 0.4) is 0 Å². The van der Waals surface area contributed by atoms with Crippen LogP contribution in [0.1, 0.15) is 168 Å². The Morgan fingerprint density at radius 1 is 0.605 bits per heavy atom. The molecule has 3 N–H and O–H groups in total. The van der Waals surface area contributed by atoms with Crippen molar-refractivity contribution in [3.63, 3.8) is 0 Å². The standard InChI is InChI=1S/C34H65NO3/c1-3-5-7-9-11-13-14-15-16-17-18-19-20-22-23-25-27-29-33(37)32(31-36)35-34(38)30-28-26-24-21-12-10-8-6-4-2/h20,22,27,29,32-33,36-37H,3-19,21,23-26,28,30-31H2,1-2H3,(H,35,38)/b22-20+,29-27+/t32-,33+/m1/s1. The Morgan fingerprint density at radius 2 is 1.03 bits per heavy atom. The van der Waals surface area contributed by atoms with Gasteiger partial charge < -0.3 is 15.5 Å². The van der Waals surface area contributed by atoms with Crippen LogP contribution < -0.4 is 5.32 Å². The van der Waals surface area contributed by atoms with Crippen molar-refractivity contribution >= 4 is 5.91 Å². The van der Waals surface area contributed by atoms with E-state index in [1.54, 1.807) is 6.08 Å². The lowest BCUT2D eigenvalue weighted by Crippen LogP contribution is -2.45. The Kier molecular flexibility index (Phi) is 29.5. The second kappa shape index (κ2) is 30.4. The number of aliphatic hydroxyl groups is 2. The van der Waals surface area contributed by atoms with Crippen molar-refractivity contribution in [1.82, 2.24) is 5.32 Å². The van der Waals surface area contributed by atoms with Gasteiger partial charge in [0.1, 0.15) is 0 Å². The van der Waals surface area contributed by atoms with E-state index < -0.39 is 12.1 Å². The minimum Gasteiger partial charge on any atom is -0.394 e. The van der Waals surface area contributed by atoms with E-state index >= 15 is 0 Å². The highest BCUT2D eigenvalue weighted by molar-refractivity contribution is 5.76. The molecule has 0 unspecified atom stereocenters. The molecule has 0 heterocycles. The molecule has 0 aromatic carbocycles. The molecule has 2 atom stereocenters. The van der Waals surface area contributed by atoms with E-state index in [1.165, 1.54) is 116 Å². The Morgan fingerprint density at radius 3 is 1.53 bits per heavy atom. The summed E-state index contributed by atoms with van der Waals surface area (Å²) in [5.74, 6) is -0.0789. The molecule has 38 heavy (non-hydrogen) atoms. The van der Waals surface area contributed by atoms with E-state index in [-0.39, 0.29) is 12.5 Å². The molecule has 0 spiro atoms. The Bertz CT molecular complexity index is 546. The first-order chi connectivity index (χ1) is 18.7. The lowest BCUT2D eigenvalue weighted by atomic mass is 10.1. The van der Waals surface area contributed by atoms with Crippen molar-refractivity contribution in [2.24, 2.45) is 0 Å². The highest BCUT2D eigenvalue weighted by Crippen LogP contribution is 2.13. The van der Waals surface area contributed by atoms with Crippen LogP contribution in [0.15, 0.2) is 24.3 Å². The van der Waals surface area contributed by atoms with Crippen LogP contribution >= 0.6 is 0 Å². The van der Waals surface area contributed by atoms with E-state index in [4.69, 9.17) is 0 Å². The lowest BCUT2D eigenvalue weighted by molar-refractivity contribution is -0.123. The maximum Gasteiger partial charge on any atom is 0.220 e. The summed E-state index contributed by atoms with van der Waals surface area (Å²) in [5.41, 5.74) is 0. The molecule has 0 radical (unpaired) electrons. The minimum absolute atomic E-state index is 0.0789. The maximum absolute atomic E-state index is 12.2. The predicted molar refractivity (Wildman–Crippen MR) is 165 cm³/mol. The molecular weight excluding hydrogens is 470 g/mol. The first-order valence-corrected chi connectivity index (χ1v) is 16.6. The monoisotopic (exact) mass is 535 g/mol. The van der Waals surface area contributed by atoms with Crippen molar-refractivity contribution < 1.29 is 15.0 Å². The molecule has 1 amide bonds. The summed E-state index contributed by atoms with van der Waals surface area (Å²) in [6.07, 6.45) is 36.9. The van der Waals surface area contributed by atoms with E-state index in [0.29, 0.717) is 6.42 Å². The Labute approximate surface area is 237 Å². The maximum atomic E-state index is 12.2. The molecular formula is C34H65NO3. The molecule has 0 saturated heterocycles. The molecule has 0 aromatic rings. The zero-order chi connectivity index (χ0) is 27.9. The van der Waals surface area contributed by atoms with Gasteiger partial charge in [-0.1, -0.05) is 154 Å². The highest BCUT2D eigenvalue weighted by atomic mass is 16.3. The summed E-state index contributed by atoms with van der Waals surface area (Å²) < 4.78 is 0. The number of nitrogens with one attached hydrogen (secondary N) is 1. The summed E-state index contributed by atoms with van der Waals surface area (Å²) in [6, 6.07) is -0.631. The first kappa shape index (κ1) is 36.9. The van der Waals surface area contributed by atoms with Gasteiger partial charge in [-0.05, 0) is 32.1 Å². The van der Waals surface area contributed by atoms with Gasteiger partial charge in [-0.25, -0.2) is 0 Å². The Balaban J connectivity index is 3.69. The minimum atomic E-state index is -0.854. The van der Waals surface area contributed by atoms with Gasteiger partial charge in [0.05, 0.1) is 18.8 Å². The first-order valence-electron chi connectivity index (χ1n) is 16.6. The van der Waals surface area contributed by atoms with Gasteiger partial charge in [0.2, 0.25) is 5.91 Å². The highest BCUT2D eigenvalue weighted by Gasteiger charge is 2.17.